The SMILES string of the molecule is CC.COC(OC)C(C)c1c(N)nc(-c2ccccc2)[nH]c1=O. The van der Waals surface area contributed by atoms with Crippen molar-refractivity contribution < 1.29 is 9.47 Å². The third-order valence-electron chi connectivity index (χ3n) is 3.36. The van der Waals surface area contributed by atoms with Crippen LogP contribution in [0.4, 0.5) is 5.82 Å². The smallest absolute Gasteiger partial charge is 0.256 e. The molecule has 6 nitrogen and oxygen atoms in total. The van der Waals surface area contributed by atoms with Gasteiger partial charge in [-0.15, -0.1) is 0 Å². The molecule has 0 saturated carbocycles. The van der Waals surface area contributed by atoms with E-state index in [1.54, 1.807) is 0 Å². The van der Waals surface area contributed by atoms with E-state index < -0.39 is 6.29 Å². The summed E-state index contributed by atoms with van der Waals surface area (Å²) in [5.74, 6) is 0.297. The molecule has 126 valence electrons. The second kappa shape index (κ2) is 9.07. The van der Waals surface area contributed by atoms with Crippen LogP contribution in [0, 0.1) is 0 Å². The molecule has 0 spiro atoms. The molecule has 0 radical (unpaired) electrons. The van der Waals surface area contributed by atoms with Gasteiger partial charge in [0.15, 0.2) is 6.29 Å². The van der Waals surface area contributed by atoms with E-state index in [9.17, 15) is 4.79 Å². The van der Waals surface area contributed by atoms with Crippen LogP contribution >= 0.6 is 0 Å². The van der Waals surface area contributed by atoms with Crippen LogP contribution in [0.1, 0.15) is 32.3 Å². The molecule has 1 atom stereocenters. The summed E-state index contributed by atoms with van der Waals surface area (Å²) in [6.07, 6.45) is -0.558. The number of hydrogen-bond acceptors (Lipinski definition) is 5. The molecule has 0 aliphatic rings. The minimum absolute atomic E-state index is 0.184. The molecule has 0 aliphatic heterocycles. The Morgan fingerprint density at radius 1 is 1.13 bits per heavy atom. The highest BCUT2D eigenvalue weighted by Crippen LogP contribution is 2.24. The second-order valence-corrected chi connectivity index (χ2v) is 4.71. The molecular formula is C17H25N3O3. The lowest BCUT2D eigenvalue weighted by Gasteiger charge is -2.21. The van der Waals surface area contributed by atoms with E-state index in [4.69, 9.17) is 15.2 Å². The molecule has 6 heteroatoms. The number of nitrogens with zero attached hydrogens (tertiary/aromatic N) is 1. The van der Waals surface area contributed by atoms with Crippen molar-refractivity contribution in [1.29, 1.82) is 0 Å². The quantitative estimate of drug-likeness (QED) is 0.827. The highest BCUT2D eigenvalue weighted by atomic mass is 16.7. The summed E-state index contributed by atoms with van der Waals surface area (Å²) in [6, 6.07) is 9.34. The van der Waals surface area contributed by atoms with Gasteiger partial charge in [-0.25, -0.2) is 4.98 Å². The average Bonchev–Trinajstić information content (AvgIpc) is 2.58. The number of H-pyrrole nitrogens is 1. The number of ether oxygens (including phenoxy) is 2. The molecule has 1 aromatic carbocycles. The molecule has 1 unspecified atom stereocenters. The van der Waals surface area contributed by atoms with Gasteiger partial charge < -0.3 is 20.2 Å². The number of hydrogen-bond donors (Lipinski definition) is 2. The summed E-state index contributed by atoms with van der Waals surface area (Å²) in [7, 11) is 3.03. The number of aromatic nitrogens is 2. The molecule has 23 heavy (non-hydrogen) atoms. The highest BCUT2D eigenvalue weighted by molar-refractivity contribution is 5.57. The number of rotatable bonds is 5. The fourth-order valence-corrected chi connectivity index (χ4v) is 2.31. The number of methoxy groups -OCH3 is 2. The maximum Gasteiger partial charge on any atom is 0.256 e. The van der Waals surface area contributed by atoms with Gasteiger partial charge in [0, 0.05) is 25.7 Å². The molecule has 2 aromatic rings. The Balaban J connectivity index is 0.00000127. The lowest BCUT2D eigenvalue weighted by Crippen LogP contribution is -2.28. The number of nitrogens with one attached hydrogen (secondary N) is 1. The molecule has 0 aliphatic carbocycles. The normalized spacial score (nSPS) is 11.7. The van der Waals surface area contributed by atoms with Crippen molar-refractivity contribution in [2.24, 2.45) is 0 Å². The van der Waals surface area contributed by atoms with Crippen LogP contribution in [0.2, 0.25) is 0 Å². The van der Waals surface area contributed by atoms with Crippen LogP contribution < -0.4 is 11.3 Å². The summed E-state index contributed by atoms with van der Waals surface area (Å²) in [5.41, 5.74) is 6.85. The molecule has 0 saturated heterocycles. The van der Waals surface area contributed by atoms with Gasteiger partial charge in [0.1, 0.15) is 11.6 Å². The van der Waals surface area contributed by atoms with Gasteiger partial charge in [-0.3, -0.25) is 4.79 Å². The Bertz CT molecular complexity index is 652. The van der Waals surface area contributed by atoms with Gasteiger partial charge in [-0.05, 0) is 0 Å². The van der Waals surface area contributed by atoms with Crippen molar-refractivity contribution >= 4 is 5.82 Å². The Morgan fingerprint density at radius 2 is 1.70 bits per heavy atom. The topological polar surface area (TPSA) is 90.2 Å². The lowest BCUT2D eigenvalue weighted by atomic mass is 10.0. The first-order chi connectivity index (χ1) is 11.1. The summed E-state index contributed by atoms with van der Waals surface area (Å²) < 4.78 is 10.4. The van der Waals surface area contributed by atoms with Crippen LogP contribution in [0.5, 0.6) is 0 Å². The van der Waals surface area contributed by atoms with E-state index in [1.807, 2.05) is 51.1 Å². The van der Waals surface area contributed by atoms with Crippen molar-refractivity contribution in [1.82, 2.24) is 9.97 Å². The average molecular weight is 319 g/mol. The van der Waals surface area contributed by atoms with Crippen LogP contribution in [-0.4, -0.2) is 30.5 Å². The first-order valence-electron chi connectivity index (χ1n) is 7.59. The molecule has 0 amide bonds. The molecule has 3 N–H and O–H groups in total. The van der Waals surface area contributed by atoms with Gasteiger partial charge in [-0.2, -0.15) is 0 Å². The lowest BCUT2D eigenvalue weighted by molar-refractivity contribution is -0.115. The first-order valence-corrected chi connectivity index (χ1v) is 7.59. The van der Waals surface area contributed by atoms with E-state index >= 15 is 0 Å². The zero-order chi connectivity index (χ0) is 17.4. The fraction of sp³-hybridized carbons (Fsp3) is 0.412. The minimum atomic E-state index is -0.558. The van der Waals surface area contributed by atoms with Crippen LogP contribution in [0.3, 0.4) is 0 Å². The highest BCUT2D eigenvalue weighted by Gasteiger charge is 2.24. The Hall–Kier alpha value is -2.18. The second-order valence-electron chi connectivity index (χ2n) is 4.71. The number of nitrogens with two attached hydrogens (primary N) is 1. The maximum atomic E-state index is 12.3. The third kappa shape index (κ3) is 4.40. The summed E-state index contributed by atoms with van der Waals surface area (Å²) in [5, 5.41) is 0. The van der Waals surface area contributed by atoms with Crippen molar-refractivity contribution in [3.8, 4) is 11.4 Å². The van der Waals surface area contributed by atoms with Crippen molar-refractivity contribution in [2.45, 2.75) is 33.0 Å². The molecular weight excluding hydrogens is 294 g/mol. The van der Waals surface area contributed by atoms with Crippen LogP contribution in [-0.2, 0) is 9.47 Å². The first kappa shape index (κ1) is 18.9. The standard InChI is InChI=1S/C15H19N3O3.C2H6/c1-9(15(20-2)21-3)11-12(16)17-13(18-14(11)19)10-7-5-4-6-8-10;1-2/h4-9,15H,1-3H3,(H3,16,17,18,19);1-2H3. The van der Waals surface area contributed by atoms with Gasteiger partial charge >= 0.3 is 0 Å². The minimum Gasteiger partial charge on any atom is -0.383 e. The number of anilines is 1. The van der Waals surface area contributed by atoms with Gasteiger partial charge in [-0.1, -0.05) is 51.1 Å². The Labute approximate surface area is 136 Å². The maximum absolute atomic E-state index is 12.3. The monoisotopic (exact) mass is 319 g/mol. The predicted octanol–water partition coefficient (Wildman–Crippen LogP) is 2.77. The van der Waals surface area contributed by atoms with E-state index in [1.165, 1.54) is 14.2 Å². The number of nitrogen functional groups attached to an aromatic ring is 1. The summed E-state index contributed by atoms with van der Waals surface area (Å²) >= 11 is 0. The zero-order valence-electron chi connectivity index (χ0n) is 14.3. The van der Waals surface area contributed by atoms with Gasteiger partial charge in [0.05, 0.1) is 5.56 Å². The molecule has 2 rings (SSSR count). The zero-order valence-corrected chi connectivity index (χ0v) is 14.3. The van der Waals surface area contributed by atoms with Crippen LogP contribution in [0.15, 0.2) is 35.1 Å². The van der Waals surface area contributed by atoms with Crippen molar-refractivity contribution in [2.75, 3.05) is 20.0 Å². The molecule has 0 bridgehead atoms. The van der Waals surface area contributed by atoms with E-state index in [2.05, 4.69) is 9.97 Å². The van der Waals surface area contributed by atoms with E-state index in [0.717, 1.165) is 5.56 Å². The fourth-order valence-electron chi connectivity index (χ4n) is 2.31. The summed E-state index contributed by atoms with van der Waals surface area (Å²) in [6.45, 7) is 5.81. The Kier molecular flexibility index (Phi) is 7.44. The van der Waals surface area contributed by atoms with E-state index in [-0.39, 0.29) is 17.3 Å². The number of aromatic amines is 1. The summed E-state index contributed by atoms with van der Waals surface area (Å²) in [4.78, 5) is 19.4. The van der Waals surface area contributed by atoms with Crippen molar-refractivity contribution in [3.05, 3.63) is 46.2 Å². The molecule has 0 fully saturated rings. The molecule has 1 aromatic heterocycles. The predicted molar refractivity (Wildman–Crippen MR) is 92.3 cm³/mol. The van der Waals surface area contributed by atoms with E-state index in [0.29, 0.717) is 11.4 Å². The van der Waals surface area contributed by atoms with Crippen molar-refractivity contribution in [3.63, 3.8) is 0 Å². The largest absolute Gasteiger partial charge is 0.383 e. The Morgan fingerprint density at radius 3 is 2.17 bits per heavy atom. The van der Waals surface area contributed by atoms with Gasteiger partial charge in [0.2, 0.25) is 0 Å². The molecule has 1 heterocycles. The van der Waals surface area contributed by atoms with Crippen LogP contribution in [0.25, 0.3) is 11.4 Å². The third-order valence-corrected chi connectivity index (χ3v) is 3.36. The number of benzene rings is 1. The van der Waals surface area contributed by atoms with Gasteiger partial charge in [0.25, 0.3) is 5.56 Å².